The summed E-state index contributed by atoms with van der Waals surface area (Å²) in [7, 11) is 0. The van der Waals surface area contributed by atoms with Crippen LogP contribution in [0.4, 0.5) is 0 Å². The van der Waals surface area contributed by atoms with E-state index in [0.29, 0.717) is 30.8 Å². The van der Waals surface area contributed by atoms with Crippen LogP contribution in [0.3, 0.4) is 0 Å². The van der Waals surface area contributed by atoms with Gasteiger partial charge in [-0.15, -0.1) is 0 Å². The van der Waals surface area contributed by atoms with Crippen molar-refractivity contribution in [3.8, 4) is 11.5 Å². The number of hydrogen-bond acceptors (Lipinski definition) is 4. The van der Waals surface area contributed by atoms with E-state index < -0.39 is 0 Å². The molecule has 0 aliphatic carbocycles. The standard InChI is InChI=1S/C17H18N2O4/c1-11-8-12(9-16(20)19-11)17(21)18-7-6-13-10-22-14-4-2-3-5-15(14)23-13/h2-5,8-9,13H,6-7,10H2,1H3,(H,18,21)(H,19,20)/t13-/m1/s1. The molecule has 1 aliphatic heterocycles. The first-order chi connectivity index (χ1) is 11.1. The van der Waals surface area contributed by atoms with Gasteiger partial charge in [0.2, 0.25) is 5.56 Å². The molecule has 0 saturated carbocycles. The average molecular weight is 314 g/mol. The van der Waals surface area contributed by atoms with Gasteiger partial charge in [-0.2, -0.15) is 0 Å². The van der Waals surface area contributed by atoms with Crippen molar-refractivity contribution in [2.75, 3.05) is 13.2 Å². The van der Waals surface area contributed by atoms with E-state index in [1.165, 1.54) is 6.07 Å². The summed E-state index contributed by atoms with van der Waals surface area (Å²) in [5.74, 6) is 1.20. The molecule has 1 atom stereocenters. The number of carbonyl (C=O) groups is 1. The highest BCUT2D eigenvalue weighted by Gasteiger charge is 2.20. The van der Waals surface area contributed by atoms with Crippen LogP contribution < -0.4 is 20.3 Å². The Hall–Kier alpha value is -2.76. The second kappa shape index (κ2) is 6.56. The van der Waals surface area contributed by atoms with Crippen molar-refractivity contribution in [3.63, 3.8) is 0 Å². The Bertz CT molecular complexity index is 769. The number of ether oxygens (including phenoxy) is 2. The Kier molecular flexibility index (Phi) is 4.32. The number of benzene rings is 1. The van der Waals surface area contributed by atoms with Crippen LogP contribution in [0.25, 0.3) is 0 Å². The van der Waals surface area contributed by atoms with E-state index >= 15 is 0 Å². The lowest BCUT2D eigenvalue weighted by Crippen LogP contribution is -2.34. The van der Waals surface area contributed by atoms with Crippen molar-refractivity contribution < 1.29 is 14.3 Å². The van der Waals surface area contributed by atoms with E-state index in [4.69, 9.17) is 9.47 Å². The summed E-state index contributed by atoms with van der Waals surface area (Å²) in [5, 5.41) is 2.80. The van der Waals surface area contributed by atoms with Crippen molar-refractivity contribution in [2.24, 2.45) is 0 Å². The van der Waals surface area contributed by atoms with Crippen LogP contribution in [0.5, 0.6) is 11.5 Å². The second-order valence-corrected chi connectivity index (χ2v) is 5.46. The highest BCUT2D eigenvalue weighted by Crippen LogP contribution is 2.31. The van der Waals surface area contributed by atoms with Gasteiger partial charge in [0.25, 0.3) is 5.91 Å². The summed E-state index contributed by atoms with van der Waals surface area (Å²) >= 11 is 0. The number of para-hydroxylation sites is 2. The van der Waals surface area contributed by atoms with E-state index in [-0.39, 0.29) is 17.6 Å². The van der Waals surface area contributed by atoms with Gasteiger partial charge in [-0.3, -0.25) is 9.59 Å². The van der Waals surface area contributed by atoms with Crippen LogP contribution in [-0.2, 0) is 0 Å². The van der Waals surface area contributed by atoms with Crippen molar-refractivity contribution in [2.45, 2.75) is 19.4 Å². The molecule has 0 spiro atoms. The summed E-state index contributed by atoms with van der Waals surface area (Å²) in [4.78, 5) is 26.0. The third-order valence-corrected chi connectivity index (χ3v) is 3.56. The largest absolute Gasteiger partial charge is 0.486 e. The van der Waals surface area contributed by atoms with Gasteiger partial charge in [-0.05, 0) is 25.1 Å². The summed E-state index contributed by atoms with van der Waals surface area (Å²) in [6.07, 6.45) is 0.522. The number of rotatable bonds is 4. The van der Waals surface area contributed by atoms with Crippen molar-refractivity contribution in [3.05, 3.63) is 58.0 Å². The van der Waals surface area contributed by atoms with Crippen LogP contribution in [0.2, 0.25) is 0 Å². The Morgan fingerprint density at radius 3 is 2.87 bits per heavy atom. The molecule has 0 fully saturated rings. The fourth-order valence-corrected chi connectivity index (χ4v) is 2.47. The molecule has 23 heavy (non-hydrogen) atoms. The quantitative estimate of drug-likeness (QED) is 0.899. The lowest BCUT2D eigenvalue weighted by atomic mass is 10.2. The van der Waals surface area contributed by atoms with Gasteiger partial charge in [-0.1, -0.05) is 12.1 Å². The number of fused-ring (bicyclic) bond motifs is 1. The van der Waals surface area contributed by atoms with Crippen LogP contribution in [0.1, 0.15) is 22.5 Å². The van der Waals surface area contributed by atoms with Crippen LogP contribution in [0, 0.1) is 6.92 Å². The maximum absolute atomic E-state index is 12.1. The van der Waals surface area contributed by atoms with E-state index in [1.54, 1.807) is 13.0 Å². The molecule has 6 nitrogen and oxygen atoms in total. The summed E-state index contributed by atoms with van der Waals surface area (Å²) in [5.41, 5.74) is 0.733. The Labute approximate surface area is 133 Å². The van der Waals surface area contributed by atoms with E-state index in [0.717, 1.165) is 11.5 Å². The first-order valence-corrected chi connectivity index (χ1v) is 7.49. The van der Waals surface area contributed by atoms with Gasteiger partial charge in [0, 0.05) is 30.3 Å². The minimum Gasteiger partial charge on any atom is -0.486 e. The van der Waals surface area contributed by atoms with Gasteiger partial charge in [0.15, 0.2) is 11.5 Å². The molecule has 3 rings (SSSR count). The predicted molar refractivity (Wildman–Crippen MR) is 85.1 cm³/mol. The molecule has 1 amide bonds. The highest BCUT2D eigenvalue weighted by molar-refractivity contribution is 5.94. The van der Waals surface area contributed by atoms with E-state index in [1.807, 2.05) is 24.3 Å². The monoisotopic (exact) mass is 314 g/mol. The lowest BCUT2D eigenvalue weighted by molar-refractivity contribution is 0.0812. The van der Waals surface area contributed by atoms with Crippen molar-refractivity contribution >= 4 is 5.91 Å². The number of aryl methyl sites for hydroxylation is 1. The number of hydrogen-bond donors (Lipinski definition) is 2. The van der Waals surface area contributed by atoms with Gasteiger partial charge < -0.3 is 19.8 Å². The SMILES string of the molecule is Cc1cc(C(=O)NCC[C@@H]2COc3ccccc3O2)cc(=O)[nH]1. The zero-order valence-electron chi connectivity index (χ0n) is 12.8. The minimum absolute atomic E-state index is 0.105. The number of pyridine rings is 1. The Balaban J connectivity index is 1.52. The van der Waals surface area contributed by atoms with Gasteiger partial charge >= 0.3 is 0 Å². The van der Waals surface area contributed by atoms with Gasteiger partial charge in [-0.25, -0.2) is 0 Å². The van der Waals surface area contributed by atoms with E-state index in [2.05, 4.69) is 10.3 Å². The summed E-state index contributed by atoms with van der Waals surface area (Å²) in [6.45, 7) is 2.64. The first kappa shape index (κ1) is 15.1. The number of amides is 1. The first-order valence-electron chi connectivity index (χ1n) is 7.49. The molecule has 2 N–H and O–H groups in total. The number of aromatic amines is 1. The number of aromatic nitrogens is 1. The topological polar surface area (TPSA) is 80.4 Å². The molecule has 2 aromatic rings. The van der Waals surface area contributed by atoms with Gasteiger partial charge in [0.05, 0.1) is 0 Å². The molecule has 1 aliphatic rings. The maximum atomic E-state index is 12.1. The maximum Gasteiger partial charge on any atom is 0.251 e. The van der Waals surface area contributed by atoms with Gasteiger partial charge in [0.1, 0.15) is 12.7 Å². The number of H-pyrrole nitrogens is 1. The molecule has 0 radical (unpaired) electrons. The third kappa shape index (κ3) is 3.71. The fraction of sp³-hybridized carbons (Fsp3) is 0.294. The smallest absolute Gasteiger partial charge is 0.251 e. The molecular formula is C17H18N2O4. The molecule has 6 heteroatoms. The molecule has 0 saturated heterocycles. The molecule has 120 valence electrons. The van der Waals surface area contributed by atoms with Crippen LogP contribution >= 0.6 is 0 Å². The minimum atomic E-state index is -0.282. The van der Waals surface area contributed by atoms with Crippen LogP contribution in [0.15, 0.2) is 41.2 Å². The normalized spacial score (nSPS) is 16.0. The molecule has 2 heterocycles. The average Bonchev–Trinajstić information content (AvgIpc) is 2.53. The molecule has 0 bridgehead atoms. The zero-order valence-corrected chi connectivity index (χ0v) is 12.8. The summed E-state index contributed by atoms with van der Waals surface area (Å²) < 4.78 is 11.5. The lowest BCUT2D eigenvalue weighted by Gasteiger charge is -2.26. The van der Waals surface area contributed by atoms with Crippen LogP contribution in [-0.4, -0.2) is 30.1 Å². The predicted octanol–water partition coefficient (Wildman–Crippen LogP) is 1.64. The number of carbonyl (C=O) groups excluding carboxylic acids is 1. The molecular weight excluding hydrogens is 296 g/mol. The van der Waals surface area contributed by atoms with Crippen molar-refractivity contribution in [1.29, 1.82) is 0 Å². The Morgan fingerprint density at radius 1 is 1.30 bits per heavy atom. The highest BCUT2D eigenvalue weighted by atomic mass is 16.6. The summed E-state index contributed by atoms with van der Waals surface area (Å²) in [6, 6.07) is 10.4. The third-order valence-electron chi connectivity index (χ3n) is 3.56. The zero-order chi connectivity index (χ0) is 16.2. The second-order valence-electron chi connectivity index (χ2n) is 5.46. The molecule has 1 aromatic heterocycles. The van der Waals surface area contributed by atoms with E-state index in [9.17, 15) is 9.59 Å². The molecule has 0 unspecified atom stereocenters. The van der Waals surface area contributed by atoms with Crippen molar-refractivity contribution in [1.82, 2.24) is 10.3 Å². The number of nitrogens with one attached hydrogen (secondary N) is 2. The Morgan fingerprint density at radius 2 is 2.09 bits per heavy atom. The fourth-order valence-electron chi connectivity index (χ4n) is 2.47. The molecule has 1 aromatic carbocycles.